The van der Waals surface area contributed by atoms with E-state index in [1.807, 2.05) is 0 Å². The third-order valence-corrected chi connectivity index (χ3v) is 6.90. The summed E-state index contributed by atoms with van der Waals surface area (Å²) in [7, 11) is 0. The first-order chi connectivity index (χ1) is 19.2. The molecule has 0 saturated heterocycles. The molecule has 2 amide bonds. The maximum atomic E-state index is 14.0. The van der Waals surface area contributed by atoms with Gasteiger partial charge in [-0.25, -0.2) is 0 Å². The zero-order valence-electron chi connectivity index (χ0n) is 23.0. The molecule has 4 nitrogen and oxygen atoms in total. The number of benzene rings is 2. The molecule has 1 aliphatic rings. The molecule has 0 aromatic heterocycles. The summed E-state index contributed by atoms with van der Waals surface area (Å²) in [5.41, 5.74) is -5.06. The topological polar surface area (TPSA) is 40.6 Å². The van der Waals surface area contributed by atoms with E-state index in [9.17, 15) is 49.1 Å². The fourth-order valence-electron chi connectivity index (χ4n) is 5.05. The van der Waals surface area contributed by atoms with E-state index < -0.39 is 65.2 Å². The van der Waals surface area contributed by atoms with Crippen LogP contribution in [-0.4, -0.2) is 23.3 Å². The first-order valence-corrected chi connectivity index (χ1v) is 13.0. The Morgan fingerprint density at radius 1 is 0.952 bits per heavy atom. The minimum atomic E-state index is -5.11. The first kappa shape index (κ1) is 33.0. The van der Waals surface area contributed by atoms with Crippen molar-refractivity contribution in [2.24, 2.45) is 5.92 Å². The summed E-state index contributed by atoms with van der Waals surface area (Å²) < 4.78 is 123. The summed E-state index contributed by atoms with van der Waals surface area (Å²) in [5.74, 6) is -1.33. The fraction of sp³-hybridized carbons (Fsp3) is 0.448. The van der Waals surface area contributed by atoms with Crippen molar-refractivity contribution in [2.45, 2.75) is 71.1 Å². The van der Waals surface area contributed by atoms with E-state index in [0.717, 1.165) is 30.0 Å². The molecule has 0 bridgehead atoms. The van der Waals surface area contributed by atoms with Crippen molar-refractivity contribution in [1.29, 1.82) is 0 Å². The zero-order chi connectivity index (χ0) is 31.8. The van der Waals surface area contributed by atoms with Gasteiger partial charge in [-0.2, -0.15) is 39.5 Å². The smallest absolute Gasteiger partial charge is 0.331 e. The number of carbonyl (C=O) groups is 2. The Bertz CT molecular complexity index is 1310. The number of halogens is 9. The third-order valence-electron chi connectivity index (χ3n) is 6.90. The summed E-state index contributed by atoms with van der Waals surface area (Å²) in [4.78, 5) is 28.2. The highest BCUT2D eigenvalue weighted by Gasteiger charge is 2.40. The van der Waals surface area contributed by atoms with E-state index >= 15 is 0 Å². The third kappa shape index (κ3) is 7.46. The summed E-state index contributed by atoms with van der Waals surface area (Å²) in [6.07, 6.45) is -13.8. The number of fused-ring (bicyclic) bond motifs is 1. The molecule has 42 heavy (non-hydrogen) atoms. The van der Waals surface area contributed by atoms with Gasteiger partial charge in [-0.15, -0.1) is 0 Å². The van der Waals surface area contributed by atoms with Gasteiger partial charge >= 0.3 is 18.5 Å². The maximum absolute atomic E-state index is 14.0. The van der Waals surface area contributed by atoms with Crippen LogP contribution in [0, 0.1) is 5.92 Å². The van der Waals surface area contributed by atoms with Crippen molar-refractivity contribution in [3.8, 4) is 0 Å². The van der Waals surface area contributed by atoms with Crippen LogP contribution in [0.25, 0.3) is 6.08 Å². The van der Waals surface area contributed by atoms with Crippen LogP contribution >= 0.6 is 0 Å². The molecule has 0 radical (unpaired) electrons. The van der Waals surface area contributed by atoms with Crippen LogP contribution in [0.4, 0.5) is 45.2 Å². The second kappa shape index (κ2) is 12.0. The van der Waals surface area contributed by atoms with Crippen molar-refractivity contribution < 1.29 is 49.1 Å². The summed E-state index contributed by atoms with van der Waals surface area (Å²) in [5, 5.41) is 0. The second-order valence-electron chi connectivity index (χ2n) is 10.6. The van der Waals surface area contributed by atoms with Crippen LogP contribution in [0.5, 0.6) is 0 Å². The molecule has 1 aliphatic heterocycles. The van der Waals surface area contributed by atoms with E-state index in [1.54, 1.807) is 13.8 Å². The highest BCUT2D eigenvalue weighted by Crippen LogP contribution is 2.44. The van der Waals surface area contributed by atoms with Crippen molar-refractivity contribution in [3.05, 3.63) is 70.3 Å². The SMILES string of the molecule is C=Cc1cc2c(cc1C(F)(F)F)N(C(=O)CC(C)C)CCCC2N(Cc1cc(C(F)(F)F)cc(C(F)(F)F)c1)C(C)=O. The van der Waals surface area contributed by atoms with E-state index in [4.69, 9.17) is 0 Å². The van der Waals surface area contributed by atoms with Crippen LogP contribution in [0.3, 0.4) is 0 Å². The van der Waals surface area contributed by atoms with Gasteiger partial charge in [0.05, 0.1) is 22.7 Å². The van der Waals surface area contributed by atoms with E-state index in [2.05, 4.69) is 6.58 Å². The second-order valence-corrected chi connectivity index (χ2v) is 10.6. The van der Waals surface area contributed by atoms with Gasteiger partial charge in [0.25, 0.3) is 0 Å². The van der Waals surface area contributed by atoms with E-state index in [1.165, 1.54) is 4.90 Å². The Balaban J connectivity index is 2.23. The van der Waals surface area contributed by atoms with Crippen LogP contribution in [0.2, 0.25) is 0 Å². The van der Waals surface area contributed by atoms with Crippen molar-refractivity contribution in [1.82, 2.24) is 4.90 Å². The number of amides is 2. The Morgan fingerprint density at radius 2 is 1.52 bits per heavy atom. The lowest BCUT2D eigenvalue weighted by molar-refractivity contribution is -0.143. The lowest BCUT2D eigenvalue weighted by Crippen LogP contribution is -2.34. The molecule has 2 aromatic rings. The van der Waals surface area contributed by atoms with Gasteiger partial charge in [-0.1, -0.05) is 26.5 Å². The van der Waals surface area contributed by atoms with Gasteiger partial charge in [-0.05, 0) is 65.8 Å². The highest BCUT2D eigenvalue weighted by molar-refractivity contribution is 5.95. The fourth-order valence-corrected chi connectivity index (χ4v) is 5.05. The summed E-state index contributed by atoms with van der Waals surface area (Å²) in [6, 6.07) is 1.81. The molecule has 1 atom stereocenters. The number of nitrogens with zero attached hydrogens (tertiary/aromatic N) is 2. The molecule has 0 spiro atoms. The van der Waals surface area contributed by atoms with Gasteiger partial charge in [0.15, 0.2) is 0 Å². The first-order valence-electron chi connectivity index (χ1n) is 13.0. The Kier molecular flexibility index (Phi) is 9.43. The molecule has 3 rings (SSSR count). The minimum Gasteiger partial charge on any atom is -0.331 e. The Labute approximate surface area is 236 Å². The molecule has 0 fully saturated rings. The zero-order valence-corrected chi connectivity index (χ0v) is 23.0. The predicted molar refractivity (Wildman–Crippen MR) is 138 cm³/mol. The molecule has 0 aliphatic carbocycles. The molecule has 0 N–H and O–H groups in total. The van der Waals surface area contributed by atoms with Crippen LogP contribution < -0.4 is 4.90 Å². The van der Waals surface area contributed by atoms with Gasteiger partial charge in [0, 0.05) is 32.1 Å². The molecular weight excluding hydrogens is 579 g/mol. The van der Waals surface area contributed by atoms with Gasteiger partial charge in [0.1, 0.15) is 0 Å². The number of anilines is 1. The number of carbonyl (C=O) groups excluding carboxylic acids is 2. The Morgan fingerprint density at radius 3 is 1.98 bits per heavy atom. The molecule has 13 heteroatoms. The lowest BCUT2D eigenvalue weighted by atomic mass is 9.93. The quantitative estimate of drug-likeness (QED) is 0.308. The normalized spacial score (nSPS) is 16.2. The largest absolute Gasteiger partial charge is 0.417 e. The standard InChI is InChI=1S/C29H29F9N2O2/c1-5-19-12-22-24(7-6-8-39(26(42)9-16(2)3)25(22)14-23(19)29(36,37)38)40(17(4)41)15-18-10-20(27(30,31)32)13-21(11-18)28(33,34)35/h5,10-14,16,24H,1,6-9,15H2,2-4H3. The molecule has 1 heterocycles. The highest BCUT2D eigenvalue weighted by atomic mass is 19.4. The monoisotopic (exact) mass is 608 g/mol. The Hall–Kier alpha value is -3.51. The minimum absolute atomic E-state index is 0.00664. The van der Waals surface area contributed by atoms with Crippen LogP contribution in [0.15, 0.2) is 36.9 Å². The average Bonchev–Trinajstić information content (AvgIpc) is 3.03. The van der Waals surface area contributed by atoms with Crippen molar-refractivity contribution >= 4 is 23.6 Å². The average molecular weight is 609 g/mol. The number of alkyl halides is 9. The summed E-state index contributed by atoms with van der Waals surface area (Å²) in [6.45, 7) is 7.30. The molecular formula is C29H29F9N2O2. The van der Waals surface area contributed by atoms with Crippen molar-refractivity contribution in [3.63, 3.8) is 0 Å². The van der Waals surface area contributed by atoms with E-state index in [-0.39, 0.29) is 54.6 Å². The van der Waals surface area contributed by atoms with Gasteiger partial charge in [0.2, 0.25) is 11.8 Å². The van der Waals surface area contributed by atoms with Crippen molar-refractivity contribution in [2.75, 3.05) is 11.4 Å². The molecule has 0 saturated carbocycles. The number of rotatable bonds is 6. The van der Waals surface area contributed by atoms with Crippen LogP contribution in [0.1, 0.15) is 79.5 Å². The molecule has 1 unspecified atom stereocenters. The number of hydrogen-bond acceptors (Lipinski definition) is 2. The number of hydrogen-bond donors (Lipinski definition) is 0. The van der Waals surface area contributed by atoms with Gasteiger partial charge in [-0.3, -0.25) is 9.59 Å². The molecule has 2 aromatic carbocycles. The predicted octanol–water partition coefficient (Wildman–Crippen LogP) is 8.65. The summed E-state index contributed by atoms with van der Waals surface area (Å²) >= 11 is 0. The van der Waals surface area contributed by atoms with Gasteiger partial charge < -0.3 is 9.80 Å². The van der Waals surface area contributed by atoms with E-state index in [0.29, 0.717) is 12.1 Å². The van der Waals surface area contributed by atoms with Crippen LogP contribution in [-0.2, 0) is 34.7 Å². The molecule has 230 valence electrons. The maximum Gasteiger partial charge on any atom is 0.417 e. The lowest BCUT2D eigenvalue weighted by Gasteiger charge is -2.33.